The van der Waals surface area contributed by atoms with E-state index in [-0.39, 0.29) is 17.9 Å². The fourth-order valence-corrected chi connectivity index (χ4v) is 3.36. The van der Waals surface area contributed by atoms with Crippen molar-refractivity contribution in [3.05, 3.63) is 28.6 Å². The van der Waals surface area contributed by atoms with Crippen LogP contribution in [0.15, 0.2) is 18.2 Å². The molecule has 1 aliphatic heterocycles. The second kappa shape index (κ2) is 4.79. The number of nitrogens with two attached hydrogens (primary N) is 1. The number of benzene rings is 1. The Labute approximate surface area is 120 Å². The Kier molecular flexibility index (Phi) is 3.10. The van der Waals surface area contributed by atoms with Crippen molar-refractivity contribution in [1.82, 2.24) is 10.6 Å². The summed E-state index contributed by atoms with van der Waals surface area (Å²) in [5, 5.41) is 6.46. The van der Waals surface area contributed by atoms with Crippen LogP contribution in [0.4, 0.5) is 5.69 Å². The number of rotatable bonds is 2. The normalized spacial score (nSPS) is 18.2. The monoisotopic (exact) mass is 289 g/mol. The SMILES string of the molecule is Cc1ccc2sc(C(=O)NC3CNC(=O)C3)c(N)c2c1. The highest BCUT2D eigenvalue weighted by Gasteiger charge is 2.25. The lowest BCUT2D eigenvalue weighted by Gasteiger charge is -2.09. The van der Waals surface area contributed by atoms with Gasteiger partial charge in [0.15, 0.2) is 0 Å². The number of amides is 2. The fourth-order valence-electron chi connectivity index (χ4n) is 2.36. The van der Waals surface area contributed by atoms with Crippen LogP contribution in [0.2, 0.25) is 0 Å². The minimum atomic E-state index is -0.206. The molecule has 104 valence electrons. The highest BCUT2D eigenvalue weighted by molar-refractivity contribution is 7.21. The molecule has 0 saturated carbocycles. The number of anilines is 1. The van der Waals surface area contributed by atoms with Crippen LogP contribution in [0.25, 0.3) is 10.1 Å². The van der Waals surface area contributed by atoms with Crippen molar-refractivity contribution in [3.8, 4) is 0 Å². The minimum Gasteiger partial charge on any atom is -0.397 e. The van der Waals surface area contributed by atoms with Gasteiger partial charge in [-0.05, 0) is 19.1 Å². The van der Waals surface area contributed by atoms with Gasteiger partial charge in [-0.2, -0.15) is 0 Å². The van der Waals surface area contributed by atoms with Gasteiger partial charge in [-0.3, -0.25) is 9.59 Å². The average Bonchev–Trinajstić information content (AvgIpc) is 2.94. The number of hydrogen-bond acceptors (Lipinski definition) is 4. The maximum Gasteiger partial charge on any atom is 0.263 e. The average molecular weight is 289 g/mol. The van der Waals surface area contributed by atoms with Crippen LogP contribution in [0.3, 0.4) is 0 Å². The zero-order chi connectivity index (χ0) is 14.3. The van der Waals surface area contributed by atoms with E-state index in [9.17, 15) is 9.59 Å². The van der Waals surface area contributed by atoms with E-state index < -0.39 is 0 Å². The van der Waals surface area contributed by atoms with Crippen LogP contribution in [-0.2, 0) is 4.79 Å². The molecule has 0 spiro atoms. The van der Waals surface area contributed by atoms with Gasteiger partial charge in [0.2, 0.25) is 5.91 Å². The van der Waals surface area contributed by atoms with E-state index in [1.165, 1.54) is 11.3 Å². The number of nitrogen functional groups attached to an aromatic ring is 1. The van der Waals surface area contributed by atoms with Crippen LogP contribution in [0, 0.1) is 6.92 Å². The predicted octanol–water partition coefficient (Wildman–Crippen LogP) is 1.41. The minimum absolute atomic E-state index is 0.0322. The molecule has 1 fully saturated rings. The zero-order valence-electron chi connectivity index (χ0n) is 11.0. The fraction of sp³-hybridized carbons (Fsp3) is 0.286. The van der Waals surface area contributed by atoms with Crippen LogP contribution in [-0.4, -0.2) is 24.4 Å². The smallest absolute Gasteiger partial charge is 0.263 e. The lowest BCUT2D eigenvalue weighted by Crippen LogP contribution is -2.36. The lowest BCUT2D eigenvalue weighted by atomic mass is 10.1. The summed E-state index contributed by atoms with van der Waals surface area (Å²) in [6.45, 7) is 2.47. The molecule has 1 unspecified atom stereocenters. The molecular formula is C14H15N3O2S. The van der Waals surface area contributed by atoms with Crippen molar-refractivity contribution in [3.63, 3.8) is 0 Å². The lowest BCUT2D eigenvalue weighted by molar-refractivity contribution is -0.119. The third kappa shape index (κ3) is 2.22. The molecular weight excluding hydrogens is 274 g/mol. The van der Waals surface area contributed by atoms with Crippen LogP contribution >= 0.6 is 11.3 Å². The van der Waals surface area contributed by atoms with Crippen LogP contribution in [0.5, 0.6) is 0 Å². The van der Waals surface area contributed by atoms with E-state index in [0.717, 1.165) is 15.6 Å². The first-order chi connectivity index (χ1) is 9.54. The largest absolute Gasteiger partial charge is 0.397 e. The number of nitrogens with one attached hydrogen (secondary N) is 2. The van der Waals surface area contributed by atoms with E-state index in [4.69, 9.17) is 5.73 Å². The third-order valence-corrected chi connectivity index (χ3v) is 4.59. The molecule has 5 nitrogen and oxygen atoms in total. The Bertz CT molecular complexity index is 708. The van der Waals surface area contributed by atoms with E-state index in [2.05, 4.69) is 10.6 Å². The van der Waals surface area contributed by atoms with E-state index in [1.54, 1.807) is 0 Å². The van der Waals surface area contributed by atoms with Crippen molar-refractivity contribution in [2.45, 2.75) is 19.4 Å². The van der Waals surface area contributed by atoms with Gasteiger partial charge in [0.1, 0.15) is 4.88 Å². The molecule has 0 bridgehead atoms. The molecule has 1 aliphatic rings. The van der Waals surface area contributed by atoms with E-state index >= 15 is 0 Å². The molecule has 2 aromatic rings. The maximum absolute atomic E-state index is 12.3. The summed E-state index contributed by atoms with van der Waals surface area (Å²) >= 11 is 1.38. The molecule has 1 aromatic carbocycles. The van der Waals surface area contributed by atoms with Gasteiger partial charge in [0.05, 0.1) is 11.7 Å². The number of thiophene rings is 1. The topological polar surface area (TPSA) is 84.2 Å². The van der Waals surface area contributed by atoms with Gasteiger partial charge < -0.3 is 16.4 Å². The van der Waals surface area contributed by atoms with Gasteiger partial charge >= 0.3 is 0 Å². The molecule has 2 heterocycles. The molecule has 6 heteroatoms. The van der Waals surface area contributed by atoms with Gasteiger partial charge in [-0.25, -0.2) is 0 Å². The standard InChI is InChI=1S/C14H15N3O2S/c1-7-2-3-10-9(4-7)12(15)13(20-10)14(19)17-8-5-11(18)16-6-8/h2-4,8H,5-6,15H2,1H3,(H,16,18)(H,17,19). The van der Waals surface area contributed by atoms with Crippen molar-refractivity contribution in [2.24, 2.45) is 0 Å². The summed E-state index contributed by atoms with van der Waals surface area (Å²) in [5.41, 5.74) is 7.71. The number of aryl methyl sites for hydroxylation is 1. The quantitative estimate of drug-likeness (QED) is 0.781. The Hall–Kier alpha value is -2.08. The molecule has 0 radical (unpaired) electrons. The van der Waals surface area contributed by atoms with Gasteiger partial charge in [0, 0.05) is 23.1 Å². The highest BCUT2D eigenvalue weighted by atomic mass is 32.1. The Morgan fingerprint density at radius 1 is 1.50 bits per heavy atom. The molecule has 1 aromatic heterocycles. The van der Waals surface area contributed by atoms with E-state index in [1.807, 2.05) is 25.1 Å². The molecule has 0 aliphatic carbocycles. The van der Waals surface area contributed by atoms with Crippen molar-refractivity contribution < 1.29 is 9.59 Å². The van der Waals surface area contributed by atoms with Gasteiger partial charge in [-0.15, -0.1) is 11.3 Å². The Balaban J connectivity index is 1.88. The summed E-state index contributed by atoms with van der Waals surface area (Å²) in [6.07, 6.45) is 0.329. The Morgan fingerprint density at radius 3 is 3.00 bits per heavy atom. The van der Waals surface area contributed by atoms with Crippen LogP contribution in [0.1, 0.15) is 21.7 Å². The van der Waals surface area contributed by atoms with Gasteiger partial charge in [0.25, 0.3) is 5.91 Å². The van der Waals surface area contributed by atoms with Crippen LogP contribution < -0.4 is 16.4 Å². The number of carbonyl (C=O) groups excluding carboxylic acids is 2. The van der Waals surface area contributed by atoms with E-state index in [0.29, 0.717) is 23.5 Å². The highest BCUT2D eigenvalue weighted by Crippen LogP contribution is 2.34. The zero-order valence-corrected chi connectivity index (χ0v) is 11.8. The predicted molar refractivity (Wildman–Crippen MR) is 79.9 cm³/mol. The third-order valence-electron chi connectivity index (χ3n) is 3.40. The van der Waals surface area contributed by atoms with Crippen molar-refractivity contribution in [2.75, 3.05) is 12.3 Å². The van der Waals surface area contributed by atoms with Gasteiger partial charge in [-0.1, -0.05) is 11.6 Å². The maximum atomic E-state index is 12.3. The molecule has 3 rings (SSSR count). The number of hydrogen-bond donors (Lipinski definition) is 3. The second-order valence-corrected chi connectivity index (χ2v) is 6.08. The number of fused-ring (bicyclic) bond motifs is 1. The summed E-state index contributed by atoms with van der Waals surface area (Å²) in [5.74, 6) is -0.238. The first-order valence-electron chi connectivity index (χ1n) is 6.41. The summed E-state index contributed by atoms with van der Waals surface area (Å²) in [4.78, 5) is 23.9. The molecule has 2 amide bonds. The molecule has 1 saturated heterocycles. The summed E-state index contributed by atoms with van der Waals surface area (Å²) < 4.78 is 0.999. The molecule has 4 N–H and O–H groups in total. The molecule has 20 heavy (non-hydrogen) atoms. The first kappa shape index (κ1) is 12.9. The first-order valence-corrected chi connectivity index (χ1v) is 7.22. The summed E-state index contributed by atoms with van der Waals surface area (Å²) in [6, 6.07) is 5.81. The Morgan fingerprint density at radius 2 is 2.30 bits per heavy atom. The molecule has 1 atom stereocenters. The summed E-state index contributed by atoms with van der Waals surface area (Å²) in [7, 11) is 0. The number of carbonyl (C=O) groups is 2. The van der Waals surface area contributed by atoms with Crippen molar-refractivity contribution in [1.29, 1.82) is 0 Å². The second-order valence-electron chi connectivity index (χ2n) is 5.02. The van der Waals surface area contributed by atoms with Crippen molar-refractivity contribution >= 4 is 38.9 Å².